The molecule has 21 heavy (non-hydrogen) atoms. The zero-order valence-corrected chi connectivity index (χ0v) is 13.3. The Balaban J connectivity index is 2.10. The molecule has 0 aromatic heterocycles. The molecule has 1 aliphatic rings. The monoisotopic (exact) mass is 331 g/mol. The molecule has 2 rings (SSSR count). The van der Waals surface area contributed by atoms with E-state index in [1.165, 1.54) is 12.1 Å². The van der Waals surface area contributed by atoms with Crippen LogP contribution in [0.3, 0.4) is 0 Å². The number of hydrogen-bond acceptors (Lipinski definition) is 4. The smallest absolute Gasteiger partial charge is 0.242 e. The molecule has 0 atom stereocenters. The second-order valence-corrected chi connectivity index (χ2v) is 6.91. The van der Waals surface area contributed by atoms with Gasteiger partial charge in [0, 0.05) is 12.2 Å². The minimum absolute atomic E-state index is 0.0165. The molecule has 0 saturated heterocycles. The van der Waals surface area contributed by atoms with E-state index < -0.39 is 10.0 Å². The van der Waals surface area contributed by atoms with Crippen LogP contribution in [0.2, 0.25) is 5.02 Å². The van der Waals surface area contributed by atoms with Crippen molar-refractivity contribution in [3.05, 3.63) is 22.7 Å². The highest BCUT2D eigenvalue weighted by molar-refractivity contribution is 7.89. The van der Waals surface area contributed by atoms with E-state index in [9.17, 15) is 13.2 Å². The largest absolute Gasteiger partial charge is 0.325 e. The molecule has 0 fully saturated rings. The van der Waals surface area contributed by atoms with E-state index in [0.29, 0.717) is 24.2 Å². The van der Waals surface area contributed by atoms with Crippen LogP contribution in [0.25, 0.3) is 0 Å². The van der Waals surface area contributed by atoms with Gasteiger partial charge in [0.2, 0.25) is 15.9 Å². The van der Waals surface area contributed by atoms with Crippen LogP contribution in [0.5, 0.6) is 0 Å². The maximum absolute atomic E-state index is 12.2. The number of sulfonamides is 1. The fourth-order valence-electron chi connectivity index (χ4n) is 2.11. The van der Waals surface area contributed by atoms with Crippen molar-refractivity contribution < 1.29 is 13.2 Å². The first-order valence-electron chi connectivity index (χ1n) is 6.76. The van der Waals surface area contributed by atoms with Gasteiger partial charge < -0.3 is 10.6 Å². The van der Waals surface area contributed by atoms with Gasteiger partial charge in [-0.25, -0.2) is 13.1 Å². The number of carbonyl (C=O) groups excluding carboxylic acids is 1. The molecule has 116 valence electrons. The van der Waals surface area contributed by atoms with Gasteiger partial charge >= 0.3 is 0 Å². The lowest BCUT2D eigenvalue weighted by Crippen LogP contribution is -2.27. The van der Waals surface area contributed by atoms with E-state index in [1.54, 1.807) is 0 Å². The number of anilines is 1. The predicted molar refractivity (Wildman–Crippen MR) is 82.1 cm³/mol. The second kappa shape index (κ2) is 6.74. The minimum atomic E-state index is -3.67. The van der Waals surface area contributed by atoms with Crippen molar-refractivity contribution in [1.29, 1.82) is 0 Å². The van der Waals surface area contributed by atoms with Gasteiger partial charge in [0.15, 0.2) is 0 Å². The molecule has 1 amide bonds. The van der Waals surface area contributed by atoms with Crippen LogP contribution in [-0.4, -0.2) is 34.0 Å². The van der Waals surface area contributed by atoms with Gasteiger partial charge in [-0.2, -0.15) is 0 Å². The maximum atomic E-state index is 12.2. The fraction of sp³-hybridized carbons (Fsp3) is 0.462. The van der Waals surface area contributed by atoms with Crippen molar-refractivity contribution in [2.75, 3.05) is 25.0 Å². The molecule has 8 heteroatoms. The van der Waals surface area contributed by atoms with Gasteiger partial charge in [-0.3, -0.25) is 4.79 Å². The standard InChI is InChI=1S/C13H18ClN3O3S/c1-2-15-4-3-5-16-21(19,20)12-6-9-7-13(18)17-11(9)8-10(12)14/h6,8,15-16H,2-5,7H2,1H3,(H,17,18). The first-order valence-corrected chi connectivity index (χ1v) is 8.63. The predicted octanol–water partition coefficient (Wildman–Crippen LogP) is 1.11. The summed E-state index contributed by atoms with van der Waals surface area (Å²) < 4.78 is 27.0. The average Bonchev–Trinajstić information content (AvgIpc) is 2.76. The molecule has 3 N–H and O–H groups in total. The number of benzene rings is 1. The van der Waals surface area contributed by atoms with E-state index in [2.05, 4.69) is 15.4 Å². The van der Waals surface area contributed by atoms with Gasteiger partial charge in [-0.1, -0.05) is 18.5 Å². The van der Waals surface area contributed by atoms with E-state index in [0.717, 1.165) is 13.1 Å². The maximum Gasteiger partial charge on any atom is 0.242 e. The number of halogens is 1. The van der Waals surface area contributed by atoms with Crippen LogP contribution in [-0.2, 0) is 21.2 Å². The summed E-state index contributed by atoms with van der Waals surface area (Å²) in [4.78, 5) is 11.3. The second-order valence-electron chi connectivity index (χ2n) is 4.77. The minimum Gasteiger partial charge on any atom is -0.325 e. The molecule has 0 spiro atoms. The fourth-order valence-corrected chi connectivity index (χ4v) is 3.76. The average molecular weight is 332 g/mol. The van der Waals surface area contributed by atoms with Crippen LogP contribution < -0.4 is 15.4 Å². The third-order valence-electron chi connectivity index (χ3n) is 3.14. The summed E-state index contributed by atoms with van der Waals surface area (Å²) >= 11 is 6.02. The molecule has 0 aliphatic carbocycles. The lowest BCUT2D eigenvalue weighted by molar-refractivity contribution is -0.115. The van der Waals surface area contributed by atoms with Crippen LogP contribution in [0.1, 0.15) is 18.9 Å². The molecule has 1 aliphatic heterocycles. The topological polar surface area (TPSA) is 87.3 Å². The van der Waals surface area contributed by atoms with E-state index in [1.807, 2.05) is 6.92 Å². The van der Waals surface area contributed by atoms with Gasteiger partial charge in [0.05, 0.1) is 11.4 Å². The molecule has 0 unspecified atom stereocenters. The number of fused-ring (bicyclic) bond motifs is 1. The summed E-state index contributed by atoms with van der Waals surface area (Å²) in [5.41, 5.74) is 1.23. The third-order valence-corrected chi connectivity index (χ3v) is 5.07. The lowest BCUT2D eigenvalue weighted by Gasteiger charge is -2.10. The van der Waals surface area contributed by atoms with Gasteiger partial charge in [0.25, 0.3) is 0 Å². The molecule has 0 saturated carbocycles. The summed E-state index contributed by atoms with van der Waals surface area (Å²) in [6, 6.07) is 2.94. The highest BCUT2D eigenvalue weighted by atomic mass is 35.5. The molecule has 1 aromatic rings. The van der Waals surface area contributed by atoms with Crippen molar-refractivity contribution >= 4 is 33.2 Å². The summed E-state index contributed by atoms with van der Waals surface area (Å²) in [6.07, 6.45) is 0.866. The molecular weight excluding hydrogens is 314 g/mol. The summed E-state index contributed by atoms with van der Waals surface area (Å²) in [6.45, 7) is 3.92. The van der Waals surface area contributed by atoms with Crippen LogP contribution >= 0.6 is 11.6 Å². The van der Waals surface area contributed by atoms with E-state index in [-0.39, 0.29) is 22.2 Å². The summed E-state index contributed by atoms with van der Waals surface area (Å²) in [5.74, 6) is -0.158. The van der Waals surface area contributed by atoms with E-state index >= 15 is 0 Å². The Morgan fingerprint density at radius 2 is 2.10 bits per heavy atom. The zero-order chi connectivity index (χ0) is 15.5. The SMILES string of the molecule is CCNCCCNS(=O)(=O)c1cc2c(cc1Cl)NC(=O)C2. The van der Waals surface area contributed by atoms with Crippen LogP contribution in [0.15, 0.2) is 17.0 Å². The number of rotatable bonds is 7. The van der Waals surface area contributed by atoms with Crippen molar-refractivity contribution in [3.63, 3.8) is 0 Å². The highest BCUT2D eigenvalue weighted by Crippen LogP contribution is 2.32. The Morgan fingerprint density at radius 1 is 1.33 bits per heavy atom. The number of amides is 1. The summed E-state index contributed by atoms with van der Waals surface area (Å²) in [7, 11) is -3.67. The Hall–Kier alpha value is -1.15. The number of hydrogen-bond donors (Lipinski definition) is 3. The zero-order valence-electron chi connectivity index (χ0n) is 11.7. The number of nitrogens with one attached hydrogen (secondary N) is 3. The van der Waals surface area contributed by atoms with Crippen molar-refractivity contribution in [3.8, 4) is 0 Å². The molecule has 0 bridgehead atoms. The molecule has 0 radical (unpaired) electrons. The van der Waals surface area contributed by atoms with Gasteiger partial charge in [-0.15, -0.1) is 0 Å². The molecule has 1 heterocycles. The number of carbonyl (C=O) groups is 1. The summed E-state index contributed by atoms with van der Waals surface area (Å²) in [5, 5.41) is 5.86. The first-order chi connectivity index (χ1) is 9.94. The molecule has 6 nitrogen and oxygen atoms in total. The quantitative estimate of drug-likeness (QED) is 0.653. The highest BCUT2D eigenvalue weighted by Gasteiger charge is 2.24. The Labute approximate surface area is 129 Å². The molecule has 1 aromatic carbocycles. The van der Waals surface area contributed by atoms with Crippen molar-refractivity contribution in [2.24, 2.45) is 0 Å². The van der Waals surface area contributed by atoms with Gasteiger partial charge in [0.1, 0.15) is 4.90 Å². The van der Waals surface area contributed by atoms with Gasteiger partial charge in [-0.05, 0) is 37.2 Å². The molecular formula is C13H18ClN3O3S. The van der Waals surface area contributed by atoms with Crippen molar-refractivity contribution in [2.45, 2.75) is 24.7 Å². The van der Waals surface area contributed by atoms with Crippen LogP contribution in [0, 0.1) is 0 Å². The van der Waals surface area contributed by atoms with Crippen LogP contribution in [0.4, 0.5) is 5.69 Å². The third kappa shape index (κ3) is 3.94. The first kappa shape index (κ1) is 16.2. The van der Waals surface area contributed by atoms with E-state index in [4.69, 9.17) is 11.6 Å². The Kier molecular flexibility index (Phi) is 5.21. The van der Waals surface area contributed by atoms with Crippen molar-refractivity contribution in [1.82, 2.24) is 10.0 Å². The lowest BCUT2D eigenvalue weighted by atomic mass is 10.2. The normalized spacial score (nSPS) is 14.1. The Morgan fingerprint density at radius 3 is 2.81 bits per heavy atom. The Bertz CT molecular complexity index is 646.